The molecule has 0 aliphatic rings. The molecule has 0 saturated heterocycles. The number of carbonyl (C=O) groups excluding carboxylic acids is 2. The molecule has 0 heterocycles. The van der Waals surface area contributed by atoms with Crippen molar-refractivity contribution >= 4 is 35.8 Å². The van der Waals surface area contributed by atoms with Crippen molar-refractivity contribution in [1.29, 1.82) is 0 Å². The number of hydrogen-bond acceptors (Lipinski definition) is 8. The van der Waals surface area contributed by atoms with Crippen LogP contribution < -0.4 is 9.47 Å². The molecule has 182 valence electrons. The maximum Gasteiger partial charge on any atom is 0.343 e. The molecule has 0 fully saturated rings. The monoisotopic (exact) mass is 494 g/mol. The number of ether oxygens (including phenoxy) is 2. The first-order valence-electron chi connectivity index (χ1n) is 9.73. The van der Waals surface area contributed by atoms with Gasteiger partial charge in [-0.3, -0.25) is 0 Å². The van der Waals surface area contributed by atoms with Gasteiger partial charge < -0.3 is 29.9 Å². The van der Waals surface area contributed by atoms with Gasteiger partial charge in [-0.05, 0) is 60.7 Å². The molecule has 0 aliphatic heterocycles. The maximum absolute atomic E-state index is 12.5. The number of benzene rings is 3. The molecule has 0 unspecified atom stereocenters. The number of rotatable bonds is 8. The highest BCUT2D eigenvalue weighted by Gasteiger charge is 2.21. The summed E-state index contributed by atoms with van der Waals surface area (Å²) in [5.74, 6) is -8.77. The first-order valence-corrected chi connectivity index (χ1v) is 9.73. The number of aromatic carboxylic acids is 4. The third-order valence-electron chi connectivity index (χ3n) is 4.68. The van der Waals surface area contributed by atoms with Crippen LogP contribution in [-0.2, 0) is 0 Å². The minimum absolute atomic E-state index is 0.136. The summed E-state index contributed by atoms with van der Waals surface area (Å²) in [6.45, 7) is 0. The number of carbonyl (C=O) groups is 6. The first kappa shape index (κ1) is 25.1. The van der Waals surface area contributed by atoms with Gasteiger partial charge in [-0.2, -0.15) is 0 Å². The Bertz CT molecular complexity index is 1310. The Hall–Kier alpha value is -5.52. The predicted molar refractivity (Wildman–Crippen MR) is 117 cm³/mol. The van der Waals surface area contributed by atoms with E-state index in [9.17, 15) is 39.0 Å². The van der Waals surface area contributed by atoms with Crippen molar-refractivity contribution in [3.05, 3.63) is 94.0 Å². The van der Waals surface area contributed by atoms with E-state index in [2.05, 4.69) is 0 Å². The van der Waals surface area contributed by atoms with Crippen molar-refractivity contribution in [2.24, 2.45) is 0 Å². The smallest absolute Gasteiger partial charge is 0.343 e. The van der Waals surface area contributed by atoms with Gasteiger partial charge in [0.2, 0.25) is 0 Å². The van der Waals surface area contributed by atoms with Crippen LogP contribution in [0.4, 0.5) is 0 Å². The third kappa shape index (κ3) is 5.51. The van der Waals surface area contributed by atoms with Gasteiger partial charge in [-0.25, -0.2) is 28.8 Å². The first-order chi connectivity index (χ1) is 17.0. The van der Waals surface area contributed by atoms with E-state index in [0.717, 1.165) is 60.7 Å². The summed E-state index contributed by atoms with van der Waals surface area (Å²) in [6, 6.07) is 10.3. The van der Waals surface area contributed by atoms with Gasteiger partial charge in [-0.1, -0.05) is 0 Å². The highest BCUT2D eigenvalue weighted by molar-refractivity contribution is 6.00. The lowest BCUT2D eigenvalue weighted by atomic mass is 10.1. The minimum Gasteiger partial charge on any atom is -0.478 e. The molecule has 12 nitrogen and oxygen atoms in total. The average molecular weight is 494 g/mol. The molecule has 0 radical (unpaired) electrons. The Morgan fingerprint density at radius 3 is 1.03 bits per heavy atom. The quantitative estimate of drug-likeness (QED) is 0.264. The van der Waals surface area contributed by atoms with Gasteiger partial charge in [0.05, 0.1) is 22.3 Å². The number of carboxylic acid groups (broad SMARTS) is 4. The zero-order valence-corrected chi connectivity index (χ0v) is 17.8. The van der Waals surface area contributed by atoms with Gasteiger partial charge >= 0.3 is 35.8 Å². The Kier molecular flexibility index (Phi) is 7.10. The Labute approximate surface area is 200 Å². The molecule has 36 heavy (non-hydrogen) atoms. The molecule has 0 aromatic heterocycles. The summed E-state index contributed by atoms with van der Waals surface area (Å²) in [7, 11) is 0. The molecule has 3 aromatic carbocycles. The zero-order valence-electron chi connectivity index (χ0n) is 17.8. The van der Waals surface area contributed by atoms with Gasteiger partial charge in [0.15, 0.2) is 0 Å². The second-order valence-electron chi connectivity index (χ2n) is 7.00. The SMILES string of the molecule is O=C(O)c1ccc(C(=O)O)c(OC(=O)c2ccc(C(=O)Oc3cc(C(=O)O)ccc3C(=O)O)cc2)c1. The standard InChI is InChI=1S/C24H14O12/c25-19(26)13-5-7-15(21(29)30)17(9-13)35-23(33)11-1-2-12(4-3-11)24(34)36-18-10-14(20(27)28)6-8-16(18)22(31)32/h1-10H,(H,25,26)(H,27,28)(H,29,30)(H,31,32). The lowest BCUT2D eigenvalue weighted by Gasteiger charge is -2.10. The highest BCUT2D eigenvalue weighted by Crippen LogP contribution is 2.24. The minimum atomic E-state index is -1.46. The van der Waals surface area contributed by atoms with E-state index >= 15 is 0 Å². The second kappa shape index (κ2) is 10.2. The van der Waals surface area contributed by atoms with E-state index in [-0.39, 0.29) is 22.3 Å². The lowest BCUT2D eigenvalue weighted by Crippen LogP contribution is -2.14. The number of carboxylic acids is 4. The highest BCUT2D eigenvalue weighted by atomic mass is 16.5. The van der Waals surface area contributed by atoms with Gasteiger partial charge in [0.25, 0.3) is 0 Å². The normalized spacial score (nSPS) is 10.2. The molecule has 0 aliphatic carbocycles. The van der Waals surface area contributed by atoms with Gasteiger partial charge in [0, 0.05) is 0 Å². The molecule has 0 saturated carbocycles. The molecule has 0 spiro atoms. The molecule has 0 amide bonds. The summed E-state index contributed by atoms with van der Waals surface area (Å²) in [5, 5.41) is 36.6. The van der Waals surface area contributed by atoms with Crippen molar-refractivity contribution in [3.63, 3.8) is 0 Å². The van der Waals surface area contributed by atoms with Crippen LogP contribution in [0.25, 0.3) is 0 Å². The fourth-order valence-electron chi connectivity index (χ4n) is 2.89. The topological polar surface area (TPSA) is 202 Å². The summed E-state index contributed by atoms with van der Waals surface area (Å²) in [4.78, 5) is 69.9. The Morgan fingerprint density at radius 2 is 0.750 bits per heavy atom. The van der Waals surface area contributed by atoms with Crippen molar-refractivity contribution in [2.45, 2.75) is 0 Å². The van der Waals surface area contributed by atoms with Crippen molar-refractivity contribution in [1.82, 2.24) is 0 Å². The van der Waals surface area contributed by atoms with Crippen LogP contribution in [0, 0.1) is 0 Å². The molecule has 3 rings (SSSR count). The van der Waals surface area contributed by atoms with Crippen LogP contribution in [0.3, 0.4) is 0 Å². The molecule has 0 bridgehead atoms. The van der Waals surface area contributed by atoms with Crippen LogP contribution >= 0.6 is 0 Å². The second-order valence-corrected chi connectivity index (χ2v) is 7.00. The maximum atomic E-state index is 12.5. The fourth-order valence-corrected chi connectivity index (χ4v) is 2.89. The zero-order chi connectivity index (χ0) is 26.6. The average Bonchev–Trinajstić information content (AvgIpc) is 2.83. The van der Waals surface area contributed by atoms with Crippen LogP contribution in [0.5, 0.6) is 11.5 Å². The molecule has 12 heteroatoms. The fraction of sp³-hybridized carbons (Fsp3) is 0. The summed E-state index contributed by atoms with van der Waals surface area (Å²) >= 11 is 0. The molecule has 4 N–H and O–H groups in total. The Morgan fingerprint density at radius 1 is 0.444 bits per heavy atom. The van der Waals surface area contributed by atoms with Gasteiger partial charge in [-0.15, -0.1) is 0 Å². The molecule has 3 aromatic rings. The molecule has 0 atom stereocenters. The van der Waals surface area contributed by atoms with E-state index in [4.69, 9.17) is 19.7 Å². The molecular weight excluding hydrogens is 480 g/mol. The summed E-state index contributed by atoms with van der Waals surface area (Å²) < 4.78 is 10.1. The van der Waals surface area contributed by atoms with Crippen LogP contribution in [0.2, 0.25) is 0 Å². The number of esters is 2. The van der Waals surface area contributed by atoms with Crippen molar-refractivity contribution in [2.75, 3.05) is 0 Å². The molecular formula is C24H14O12. The third-order valence-corrected chi connectivity index (χ3v) is 4.68. The van der Waals surface area contributed by atoms with E-state index in [1.807, 2.05) is 0 Å². The van der Waals surface area contributed by atoms with E-state index in [1.54, 1.807) is 0 Å². The van der Waals surface area contributed by atoms with E-state index in [0.29, 0.717) is 0 Å². The summed E-state index contributed by atoms with van der Waals surface area (Å²) in [5.41, 5.74) is -1.80. The lowest BCUT2D eigenvalue weighted by molar-refractivity contribution is 0.0657. The predicted octanol–water partition coefficient (Wildman–Crippen LogP) is 2.92. The van der Waals surface area contributed by atoms with Gasteiger partial charge in [0.1, 0.15) is 22.6 Å². The Balaban J connectivity index is 1.81. The van der Waals surface area contributed by atoms with Crippen LogP contribution in [-0.4, -0.2) is 56.2 Å². The van der Waals surface area contributed by atoms with E-state index < -0.39 is 58.4 Å². The summed E-state index contributed by atoms with van der Waals surface area (Å²) in [6.07, 6.45) is 0. The van der Waals surface area contributed by atoms with Crippen molar-refractivity contribution < 1.29 is 58.7 Å². The largest absolute Gasteiger partial charge is 0.478 e. The van der Waals surface area contributed by atoms with Crippen LogP contribution in [0.15, 0.2) is 60.7 Å². The number of hydrogen-bond donors (Lipinski definition) is 4. The van der Waals surface area contributed by atoms with Crippen molar-refractivity contribution in [3.8, 4) is 11.5 Å². The van der Waals surface area contributed by atoms with Crippen LogP contribution in [0.1, 0.15) is 62.1 Å². The van der Waals surface area contributed by atoms with E-state index in [1.165, 1.54) is 0 Å².